The molecule has 0 atom stereocenters. The van der Waals surface area contributed by atoms with Crippen LogP contribution in [0.3, 0.4) is 0 Å². The minimum absolute atomic E-state index is 0.224. The van der Waals surface area contributed by atoms with E-state index in [2.05, 4.69) is 114 Å². The molecule has 4 aromatic rings. The Balaban J connectivity index is 1.94. The molecule has 0 aliphatic heterocycles. The molecule has 4 aromatic carbocycles. The van der Waals surface area contributed by atoms with Gasteiger partial charge in [0.15, 0.2) is 0 Å². The van der Waals surface area contributed by atoms with Crippen LogP contribution in [0, 0.1) is 41.5 Å². The molecular weight excluding hydrogens is 464 g/mol. The van der Waals surface area contributed by atoms with Crippen molar-refractivity contribution in [2.24, 2.45) is 0 Å². The molecule has 0 spiro atoms. The predicted octanol–water partition coefficient (Wildman–Crippen LogP) is 6.92. The van der Waals surface area contributed by atoms with Gasteiger partial charge < -0.3 is 0 Å². The number of hydrogen-bond acceptors (Lipinski definition) is 0. The molecule has 2 heteroatoms. The summed E-state index contributed by atoms with van der Waals surface area (Å²) in [4.78, 5) is 0. The van der Waals surface area contributed by atoms with Crippen molar-refractivity contribution in [3.63, 3.8) is 0 Å². The molecular formula is C31H31FGe. The summed E-state index contributed by atoms with van der Waals surface area (Å²) in [5, 5.41) is 0. The number of fused-ring (bicyclic) bond motifs is 3. The summed E-state index contributed by atoms with van der Waals surface area (Å²) in [6.07, 6.45) is 0. The Bertz CT molecular complexity index is 1250. The van der Waals surface area contributed by atoms with Gasteiger partial charge in [0, 0.05) is 0 Å². The Labute approximate surface area is 200 Å². The SMILES string of the molecule is Cc1cc(C)[c]([Ge]([F])([c]2c(C)cc(C)cc2C)[CH]2c3ccccc3-c3ccccc32)c(C)c1. The van der Waals surface area contributed by atoms with Gasteiger partial charge in [-0.2, -0.15) is 0 Å². The fourth-order valence-corrected chi connectivity index (χ4v) is 16.5. The zero-order valence-corrected chi connectivity index (χ0v) is 22.5. The second-order valence-corrected chi connectivity index (χ2v) is 16.2. The molecule has 0 saturated heterocycles. The molecule has 0 unspecified atom stereocenters. The third-order valence-corrected chi connectivity index (χ3v) is 16.7. The van der Waals surface area contributed by atoms with E-state index in [-0.39, 0.29) is 4.75 Å². The summed E-state index contributed by atoms with van der Waals surface area (Å²) in [5.74, 6) is 0. The number of hydrogen-bond donors (Lipinski definition) is 0. The zero-order valence-electron chi connectivity index (χ0n) is 20.4. The molecule has 1 aliphatic carbocycles. The fourth-order valence-electron chi connectivity index (χ4n) is 6.51. The summed E-state index contributed by atoms with van der Waals surface area (Å²) in [6.45, 7) is 12.7. The van der Waals surface area contributed by atoms with Crippen molar-refractivity contribution in [1.29, 1.82) is 0 Å². The third-order valence-electron chi connectivity index (χ3n) is 7.31. The van der Waals surface area contributed by atoms with Gasteiger partial charge in [-0.05, 0) is 0 Å². The van der Waals surface area contributed by atoms with Gasteiger partial charge in [-0.15, -0.1) is 0 Å². The van der Waals surface area contributed by atoms with Crippen LogP contribution in [0.15, 0.2) is 72.8 Å². The average molecular weight is 495 g/mol. The number of rotatable bonds is 3. The van der Waals surface area contributed by atoms with Gasteiger partial charge in [0.2, 0.25) is 0 Å². The van der Waals surface area contributed by atoms with Crippen LogP contribution in [-0.2, 0) is 0 Å². The Kier molecular flexibility index (Phi) is 5.36. The van der Waals surface area contributed by atoms with Crippen LogP contribution in [0.5, 0.6) is 0 Å². The van der Waals surface area contributed by atoms with Crippen molar-refractivity contribution in [2.45, 2.75) is 46.3 Å². The normalized spacial score (nSPS) is 13.2. The van der Waals surface area contributed by atoms with Crippen LogP contribution in [0.1, 0.15) is 49.3 Å². The fraction of sp³-hybridized carbons (Fsp3) is 0.226. The molecule has 0 heterocycles. The van der Waals surface area contributed by atoms with E-state index in [0.717, 1.165) is 42.2 Å². The molecule has 5 rings (SSSR count). The quantitative estimate of drug-likeness (QED) is 0.271. The maximum absolute atomic E-state index is 18.8. The van der Waals surface area contributed by atoms with Crippen LogP contribution in [-0.4, -0.2) is 13.7 Å². The third kappa shape index (κ3) is 3.32. The monoisotopic (exact) mass is 496 g/mol. The second kappa shape index (κ2) is 7.99. The molecule has 0 fully saturated rings. The first kappa shape index (κ1) is 22.2. The van der Waals surface area contributed by atoms with E-state index < -0.39 is 13.7 Å². The van der Waals surface area contributed by atoms with Crippen molar-refractivity contribution in [3.8, 4) is 11.1 Å². The van der Waals surface area contributed by atoms with E-state index >= 15 is 3.50 Å². The van der Waals surface area contributed by atoms with E-state index in [1.165, 1.54) is 22.3 Å². The van der Waals surface area contributed by atoms with Gasteiger partial charge >= 0.3 is 201 Å². The van der Waals surface area contributed by atoms with E-state index in [1.807, 2.05) is 0 Å². The number of aryl methyl sites for hydroxylation is 6. The van der Waals surface area contributed by atoms with Crippen molar-refractivity contribution in [3.05, 3.63) is 117 Å². The first-order valence-electron chi connectivity index (χ1n) is 11.8. The van der Waals surface area contributed by atoms with Crippen LogP contribution >= 0.6 is 0 Å². The second-order valence-electron chi connectivity index (χ2n) is 9.87. The summed E-state index contributed by atoms with van der Waals surface area (Å²) >= 11 is -4.53. The van der Waals surface area contributed by atoms with Gasteiger partial charge in [-0.1, -0.05) is 0 Å². The summed E-state index contributed by atoms with van der Waals surface area (Å²) in [5.41, 5.74) is 11.5. The molecule has 0 bridgehead atoms. The average Bonchev–Trinajstić information content (AvgIpc) is 3.07. The van der Waals surface area contributed by atoms with Crippen LogP contribution in [0.25, 0.3) is 11.1 Å². The van der Waals surface area contributed by atoms with Crippen LogP contribution in [0.2, 0.25) is 0 Å². The van der Waals surface area contributed by atoms with Crippen molar-refractivity contribution < 1.29 is 3.50 Å². The Morgan fingerprint density at radius 2 is 0.879 bits per heavy atom. The van der Waals surface area contributed by atoms with Gasteiger partial charge in [0.05, 0.1) is 0 Å². The topological polar surface area (TPSA) is 0 Å². The Morgan fingerprint density at radius 3 is 1.24 bits per heavy atom. The first-order valence-corrected chi connectivity index (χ1v) is 15.9. The van der Waals surface area contributed by atoms with Crippen molar-refractivity contribution in [1.82, 2.24) is 0 Å². The molecule has 166 valence electrons. The van der Waals surface area contributed by atoms with Gasteiger partial charge in [-0.25, -0.2) is 0 Å². The zero-order chi connectivity index (χ0) is 23.5. The van der Waals surface area contributed by atoms with Crippen LogP contribution in [0.4, 0.5) is 3.50 Å². The summed E-state index contributed by atoms with van der Waals surface area (Å²) in [6, 6.07) is 25.7. The molecule has 0 nitrogen and oxygen atoms in total. The van der Waals surface area contributed by atoms with E-state index in [4.69, 9.17) is 0 Å². The van der Waals surface area contributed by atoms with E-state index in [1.54, 1.807) is 0 Å². The van der Waals surface area contributed by atoms with Crippen molar-refractivity contribution >= 4 is 22.5 Å². The van der Waals surface area contributed by atoms with Crippen LogP contribution < -0.4 is 8.79 Å². The molecule has 33 heavy (non-hydrogen) atoms. The van der Waals surface area contributed by atoms with Gasteiger partial charge in [-0.3, -0.25) is 0 Å². The number of benzene rings is 4. The van der Waals surface area contributed by atoms with E-state index in [9.17, 15) is 0 Å². The molecule has 0 aromatic heterocycles. The molecule has 0 amide bonds. The van der Waals surface area contributed by atoms with Gasteiger partial charge in [0.25, 0.3) is 0 Å². The molecule has 0 saturated carbocycles. The Morgan fingerprint density at radius 1 is 0.545 bits per heavy atom. The number of halogens is 1. The molecule has 0 N–H and O–H groups in total. The minimum atomic E-state index is -4.53. The standard InChI is InChI=1S/C31H31FGe/c1-19-15-21(3)29(22(4)16-19)33(32,30-23(5)17-20(2)18-24(30)6)31-27-13-9-7-11-25(27)26-12-8-10-14-28(26)31/h7-18,31H,1-6H3. The summed E-state index contributed by atoms with van der Waals surface area (Å²) in [7, 11) is 0. The predicted molar refractivity (Wildman–Crippen MR) is 141 cm³/mol. The van der Waals surface area contributed by atoms with Crippen molar-refractivity contribution in [2.75, 3.05) is 0 Å². The summed E-state index contributed by atoms with van der Waals surface area (Å²) < 4.78 is 20.6. The van der Waals surface area contributed by atoms with E-state index in [0.29, 0.717) is 0 Å². The maximum atomic E-state index is 18.8. The van der Waals surface area contributed by atoms with Gasteiger partial charge in [0.1, 0.15) is 0 Å². The molecule has 1 aliphatic rings. The Hall–Kier alpha value is -2.65. The molecule has 0 radical (unpaired) electrons. The first-order chi connectivity index (χ1) is 15.7.